The molecule has 1 aromatic heterocycles. The summed E-state index contributed by atoms with van der Waals surface area (Å²) in [6, 6.07) is 4.51. The number of aromatic nitrogens is 2. The molecule has 0 aliphatic carbocycles. The van der Waals surface area contributed by atoms with Gasteiger partial charge in [-0.25, -0.2) is 4.98 Å². The number of likely N-dealkylation sites (tertiary alicyclic amines) is 1. The fraction of sp³-hybridized carbons (Fsp3) is 0.333. The Hall–Kier alpha value is -2.74. The van der Waals surface area contributed by atoms with Crippen molar-refractivity contribution in [3.8, 4) is 5.69 Å². The number of hydrogen-bond acceptors (Lipinski definition) is 5. The Morgan fingerprint density at radius 3 is 2.91 bits per heavy atom. The van der Waals surface area contributed by atoms with Crippen LogP contribution in [0.2, 0.25) is 0 Å². The summed E-state index contributed by atoms with van der Waals surface area (Å²) in [4.78, 5) is 29.0. The second kappa shape index (κ2) is 6.17. The average Bonchev–Trinajstić information content (AvgIpc) is 3.24. The molecule has 1 aliphatic rings. The molecule has 0 radical (unpaired) electrons. The van der Waals surface area contributed by atoms with Gasteiger partial charge in [-0.15, -0.1) is 0 Å². The highest BCUT2D eigenvalue weighted by Crippen LogP contribution is 2.26. The standard InChI is InChI=1S/C15H17N5O3/c16-8-11-3-5-18(9-11)15(21)12-1-2-13(14(7-12)20(22)23)19-6-4-17-10-19/h1-2,4,6-7,10-11H,3,5,8-9,16H2. The number of carbonyl (C=O) groups is 1. The molecule has 1 amide bonds. The van der Waals surface area contributed by atoms with Gasteiger partial charge in [0, 0.05) is 37.1 Å². The number of carbonyl (C=O) groups excluding carboxylic acids is 1. The van der Waals surface area contributed by atoms with Crippen molar-refractivity contribution in [2.24, 2.45) is 11.7 Å². The maximum absolute atomic E-state index is 12.5. The lowest BCUT2D eigenvalue weighted by molar-refractivity contribution is -0.384. The van der Waals surface area contributed by atoms with E-state index in [2.05, 4.69) is 4.98 Å². The molecule has 23 heavy (non-hydrogen) atoms. The third kappa shape index (κ3) is 2.93. The zero-order valence-electron chi connectivity index (χ0n) is 12.5. The summed E-state index contributed by atoms with van der Waals surface area (Å²) in [6.45, 7) is 1.79. The summed E-state index contributed by atoms with van der Waals surface area (Å²) >= 11 is 0. The van der Waals surface area contributed by atoms with Crippen LogP contribution in [0.1, 0.15) is 16.8 Å². The monoisotopic (exact) mass is 315 g/mol. The van der Waals surface area contributed by atoms with E-state index in [4.69, 9.17) is 5.73 Å². The first-order valence-corrected chi connectivity index (χ1v) is 7.36. The molecule has 1 saturated heterocycles. The van der Waals surface area contributed by atoms with Crippen LogP contribution in [0.25, 0.3) is 5.69 Å². The van der Waals surface area contributed by atoms with Crippen molar-refractivity contribution in [1.82, 2.24) is 14.5 Å². The minimum Gasteiger partial charge on any atom is -0.338 e. The molecule has 1 aliphatic heterocycles. The third-order valence-corrected chi connectivity index (χ3v) is 4.11. The Labute approximate surface area is 132 Å². The Balaban J connectivity index is 1.91. The van der Waals surface area contributed by atoms with Gasteiger partial charge in [0.25, 0.3) is 11.6 Å². The fourth-order valence-electron chi connectivity index (χ4n) is 2.81. The van der Waals surface area contributed by atoms with Crippen LogP contribution >= 0.6 is 0 Å². The summed E-state index contributed by atoms with van der Waals surface area (Å²) in [7, 11) is 0. The van der Waals surface area contributed by atoms with Gasteiger partial charge in [0.05, 0.1) is 11.3 Å². The molecule has 8 heteroatoms. The molecule has 1 unspecified atom stereocenters. The topological polar surface area (TPSA) is 107 Å². The van der Waals surface area contributed by atoms with Crippen molar-refractivity contribution in [3.05, 3.63) is 52.6 Å². The molecule has 3 rings (SSSR count). The first kappa shape index (κ1) is 15.2. The van der Waals surface area contributed by atoms with Crippen molar-refractivity contribution < 1.29 is 9.72 Å². The van der Waals surface area contributed by atoms with Gasteiger partial charge in [0.2, 0.25) is 0 Å². The van der Waals surface area contributed by atoms with E-state index in [1.54, 1.807) is 34.0 Å². The predicted octanol–water partition coefficient (Wildman–Crippen LogP) is 1.20. The van der Waals surface area contributed by atoms with Crippen molar-refractivity contribution in [2.45, 2.75) is 6.42 Å². The predicted molar refractivity (Wildman–Crippen MR) is 83.3 cm³/mol. The molecule has 0 saturated carbocycles. The molecular weight excluding hydrogens is 298 g/mol. The highest BCUT2D eigenvalue weighted by atomic mass is 16.6. The van der Waals surface area contributed by atoms with Crippen LogP contribution in [0.5, 0.6) is 0 Å². The minimum absolute atomic E-state index is 0.122. The van der Waals surface area contributed by atoms with Crippen LogP contribution in [-0.4, -0.2) is 44.9 Å². The van der Waals surface area contributed by atoms with Crippen LogP contribution in [0.3, 0.4) is 0 Å². The van der Waals surface area contributed by atoms with Gasteiger partial charge in [-0.2, -0.15) is 0 Å². The van der Waals surface area contributed by atoms with Gasteiger partial charge in [0.1, 0.15) is 5.69 Å². The van der Waals surface area contributed by atoms with Crippen LogP contribution in [0.4, 0.5) is 5.69 Å². The van der Waals surface area contributed by atoms with Crippen LogP contribution in [0.15, 0.2) is 36.9 Å². The molecule has 2 heterocycles. The number of hydrogen-bond donors (Lipinski definition) is 1. The lowest BCUT2D eigenvalue weighted by Crippen LogP contribution is -2.29. The smallest absolute Gasteiger partial charge is 0.294 e. The van der Waals surface area contributed by atoms with Gasteiger partial charge in [-0.3, -0.25) is 14.9 Å². The van der Waals surface area contributed by atoms with Gasteiger partial charge in [-0.1, -0.05) is 0 Å². The number of nitro benzene ring substituents is 1. The zero-order valence-corrected chi connectivity index (χ0v) is 12.5. The van der Waals surface area contributed by atoms with E-state index in [0.717, 1.165) is 6.42 Å². The first-order chi connectivity index (χ1) is 11.1. The Morgan fingerprint density at radius 2 is 2.30 bits per heavy atom. The fourth-order valence-corrected chi connectivity index (χ4v) is 2.81. The second-order valence-corrected chi connectivity index (χ2v) is 5.57. The summed E-state index contributed by atoms with van der Waals surface area (Å²) in [6.07, 6.45) is 5.52. The molecule has 1 fully saturated rings. The first-order valence-electron chi connectivity index (χ1n) is 7.36. The van der Waals surface area contributed by atoms with E-state index in [0.29, 0.717) is 36.8 Å². The van der Waals surface area contributed by atoms with E-state index >= 15 is 0 Å². The molecule has 2 aromatic rings. The maximum atomic E-state index is 12.5. The highest BCUT2D eigenvalue weighted by molar-refractivity contribution is 5.95. The number of nitrogens with two attached hydrogens (primary N) is 1. The third-order valence-electron chi connectivity index (χ3n) is 4.11. The van der Waals surface area contributed by atoms with Crippen molar-refractivity contribution in [1.29, 1.82) is 0 Å². The van der Waals surface area contributed by atoms with E-state index in [1.807, 2.05) is 0 Å². The second-order valence-electron chi connectivity index (χ2n) is 5.57. The molecule has 1 aromatic carbocycles. The van der Waals surface area contributed by atoms with Crippen molar-refractivity contribution >= 4 is 11.6 Å². The Kier molecular flexibility index (Phi) is 4.07. The van der Waals surface area contributed by atoms with Crippen LogP contribution in [-0.2, 0) is 0 Å². The van der Waals surface area contributed by atoms with Crippen LogP contribution in [0, 0.1) is 16.0 Å². The lowest BCUT2D eigenvalue weighted by atomic mass is 10.1. The normalized spacial score (nSPS) is 17.4. The molecule has 8 nitrogen and oxygen atoms in total. The number of amides is 1. The maximum Gasteiger partial charge on any atom is 0.294 e. The number of nitrogens with zero attached hydrogens (tertiary/aromatic N) is 4. The Bertz CT molecular complexity index is 729. The number of rotatable bonds is 4. The van der Waals surface area contributed by atoms with Crippen molar-refractivity contribution in [3.63, 3.8) is 0 Å². The van der Waals surface area contributed by atoms with Crippen molar-refractivity contribution in [2.75, 3.05) is 19.6 Å². The molecule has 0 spiro atoms. The van der Waals surface area contributed by atoms with Gasteiger partial charge >= 0.3 is 0 Å². The number of benzene rings is 1. The summed E-state index contributed by atoms with van der Waals surface area (Å²) in [5.41, 5.74) is 6.21. The lowest BCUT2D eigenvalue weighted by Gasteiger charge is -2.16. The Morgan fingerprint density at radius 1 is 1.48 bits per heavy atom. The van der Waals surface area contributed by atoms with E-state index in [-0.39, 0.29) is 11.6 Å². The largest absolute Gasteiger partial charge is 0.338 e. The van der Waals surface area contributed by atoms with E-state index in [9.17, 15) is 14.9 Å². The molecule has 120 valence electrons. The zero-order chi connectivity index (χ0) is 16.4. The molecule has 0 bridgehead atoms. The average molecular weight is 315 g/mol. The molecule has 1 atom stereocenters. The van der Waals surface area contributed by atoms with Gasteiger partial charge in [-0.05, 0) is 31.0 Å². The minimum atomic E-state index is -0.487. The number of imidazole rings is 1. The van der Waals surface area contributed by atoms with E-state index in [1.165, 1.54) is 12.4 Å². The number of nitro groups is 1. The molecular formula is C15H17N5O3. The van der Waals surface area contributed by atoms with Gasteiger partial charge in [0.15, 0.2) is 0 Å². The van der Waals surface area contributed by atoms with E-state index < -0.39 is 4.92 Å². The molecule has 2 N–H and O–H groups in total. The van der Waals surface area contributed by atoms with Gasteiger partial charge < -0.3 is 15.2 Å². The summed E-state index contributed by atoms with van der Waals surface area (Å²) in [5.74, 6) is 0.111. The SMILES string of the molecule is NCC1CCN(C(=O)c2ccc(-n3ccnc3)c([N+](=O)[O-])c2)C1. The quantitative estimate of drug-likeness (QED) is 0.674. The van der Waals surface area contributed by atoms with Crippen LogP contribution < -0.4 is 5.73 Å². The summed E-state index contributed by atoms with van der Waals surface area (Å²) in [5, 5.41) is 11.3. The highest BCUT2D eigenvalue weighted by Gasteiger charge is 2.27. The summed E-state index contributed by atoms with van der Waals surface area (Å²) < 4.78 is 1.55.